The first-order valence-corrected chi connectivity index (χ1v) is 5.12. The van der Waals surface area contributed by atoms with E-state index in [1.165, 1.54) is 10.2 Å². The predicted molar refractivity (Wildman–Crippen MR) is 62.5 cm³/mol. The predicted octanol–water partition coefficient (Wildman–Crippen LogP) is 0.640. The lowest BCUT2D eigenvalue weighted by molar-refractivity contribution is 0.648. The Hall–Kier alpha value is -1.88. The smallest absolute Gasteiger partial charge is 0.218 e. The summed E-state index contributed by atoms with van der Waals surface area (Å²) in [5.41, 5.74) is 12.8. The van der Waals surface area contributed by atoms with E-state index in [4.69, 9.17) is 11.5 Å². The Kier molecular flexibility index (Phi) is 2.87. The molecule has 5 nitrogen and oxygen atoms in total. The molecule has 16 heavy (non-hydrogen) atoms. The molecule has 0 saturated carbocycles. The van der Waals surface area contributed by atoms with Crippen molar-refractivity contribution >= 4 is 5.95 Å². The quantitative estimate of drug-likeness (QED) is 0.790. The van der Waals surface area contributed by atoms with Crippen LogP contribution in [0.1, 0.15) is 17.4 Å². The number of nitrogens with zero attached hydrogens (tertiary/aromatic N) is 3. The number of benzene rings is 1. The molecule has 0 fully saturated rings. The summed E-state index contributed by atoms with van der Waals surface area (Å²) in [6.45, 7) is 0. The number of hydrogen-bond donors (Lipinski definition) is 2. The maximum atomic E-state index is 6.02. The number of aryl methyl sites for hydroxylation is 1. The van der Waals surface area contributed by atoms with Crippen LogP contribution < -0.4 is 11.5 Å². The first kappa shape index (κ1) is 10.6. The zero-order chi connectivity index (χ0) is 11.5. The van der Waals surface area contributed by atoms with E-state index in [2.05, 4.69) is 10.1 Å². The summed E-state index contributed by atoms with van der Waals surface area (Å²) in [4.78, 5) is 4.11. The van der Waals surface area contributed by atoms with Gasteiger partial charge in [0, 0.05) is 7.05 Å². The lowest BCUT2D eigenvalue weighted by Crippen LogP contribution is -2.15. The number of hydrogen-bond acceptors (Lipinski definition) is 4. The summed E-state index contributed by atoms with van der Waals surface area (Å²) >= 11 is 0. The normalized spacial score (nSPS) is 12.6. The van der Waals surface area contributed by atoms with Gasteiger partial charge in [0.1, 0.15) is 0 Å². The van der Waals surface area contributed by atoms with Gasteiger partial charge >= 0.3 is 0 Å². The Balaban J connectivity index is 2.11. The summed E-state index contributed by atoms with van der Waals surface area (Å²) < 4.78 is 1.53. The van der Waals surface area contributed by atoms with Gasteiger partial charge in [0.05, 0.1) is 6.04 Å². The van der Waals surface area contributed by atoms with Gasteiger partial charge in [-0.05, 0) is 12.0 Å². The van der Waals surface area contributed by atoms with Crippen molar-refractivity contribution in [3.05, 3.63) is 41.7 Å². The third-order valence-electron chi connectivity index (χ3n) is 2.44. The maximum Gasteiger partial charge on any atom is 0.218 e. The molecule has 0 aliphatic carbocycles. The van der Waals surface area contributed by atoms with E-state index in [1.807, 2.05) is 30.3 Å². The molecule has 0 aliphatic heterocycles. The minimum absolute atomic E-state index is 0.217. The first-order valence-electron chi connectivity index (χ1n) is 5.12. The average Bonchev–Trinajstić information content (AvgIpc) is 2.61. The zero-order valence-electron chi connectivity index (χ0n) is 9.17. The van der Waals surface area contributed by atoms with Crippen LogP contribution in [0.15, 0.2) is 30.3 Å². The molecule has 1 heterocycles. The van der Waals surface area contributed by atoms with E-state index >= 15 is 0 Å². The highest BCUT2D eigenvalue weighted by Gasteiger charge is 2.13. The summed E-state index contributed by atoms with van der Waals surface area (Å²) in [5.74, 6) is 0.974. The zero-order valence-corrected chi connectivity index (χ0v) is 9.17. The van der Waals surface area contributed by atoms with Crippen molar-refractivity contribution in [3.8, 4) is 0 Å². The van der Waals surface area contributed by atoms with Crippen LogP contribution in [0.5, 0.6) is 0 Å². The van der Waals surface area contributed by atoms with Crippen LogP contribution in [0.25, 0.3) is 0 Å². The number of anilines is 1. The second kappa shape index (κ2) is 4.32. The average molecular weight is 217 g/mol. The molecule has 84 valence electrons. The van der Waals surface area contributed by atoms with E-state index < -0.39 is 0 Å². The van der Waals surface area contributed by atoms with Crippen LogP contribution in [-0.2, 0) is 13.5 Å². The Morgan fingerprint density at radius 3 is 2.56 bits per heavy atom. The van der Waals surface area contributed by atoms with E-state index in [-0.39, 0.29) is 6.04 Å². The monoisotopic (exact) mass is 217 g/mol. The van der Waals surface area contributed by atoms with Gasteiger partial charge in [0.2, 0.25) is 5.95 Å². The topological polar surface area (TPSA) is 82.8 Å². The fraction of sp³-hybridized carbons (Fsp3) is 0.273. The SMILES string of the molecule is Cn1nc([C@@H](N)Cc2ccccc2)nc1N. The molecule has 0 radical (unpaired) electrons. The van der Waals surface area contributed by atoms with Gasteiger partial charge in [-0.1, -0.05) is 30.3 Å². The van der Waals surface area contributed by atoms with Crippen LogP contribution >= 0.6 is 0 Å². The van der Waals surface area contributed by atoms with Gasteiger partial charge in [-0.3, -0.25) is 0 Å². The van der Waals surface area contributed by atoms with Crippen LogP contribution in [0, 0.1) is 0 Å². The third kappa shape index (κ3) is 2.20. The van der Waals surface area contributed by atoms with Crippen molar-refractivity contribution in [1.82, 2.24) is 14.8 Å². The Labute approximate surface area is 94.1 Å². The van der Waals surface area contributed by atoms with Gasteiger partial charge < -0.3 is 11.5 Å². The van der Waals surface area contributed by atoms with Crippen molar-refractivity contribution < 1.29 is 0 Å². The molecule has 0 bridgehead atoms. The van der Waals surface area contributed by atoms with Crippen molar-refractivity contribution in [3.63, 3.8) is 0 Å². The van der Waals surface area contributed by atoms with E-state index in [9.17, 15) is 0 Å². The lowest BCUT2D eigenvalue weighted by atomic mass is 10.1. The fourth-order valence-electron chi connectivity index (χ4n) is 1.53. The number of aromatic nitrogens is 3. The molecule has 5 heteroatoms. The number of nitrogen functional groups attached to an aromatic ring is 1. The maximum absolute atomic E-state index is 6.02. The molecule has 1 atom stereocenters. The van der Waals surface area contributed by atoms with Crippen LogP contribution in [0.3, 0.4) is 0 Å². The van der Waals surface area contributed by atoms with Gasteiger partial charge in [0.15, 0.2) is 5.82 Å². The van der Waals surface area contributed by atoms with Gasteiger partial charge in [-0.25, -0.2) is 4.68 Å². The summed E-state index contributed by atoms with van der Waals surface area (Å²) in [6, 6.07) is 9.81. The van der Waals surface area contributed by atoms with Crippen molar-refractivity contribution in [1.29, 1.82) is 0 Å². The third-order valence-corrected chi connectivity index (χ3v) is 2.44. The molecule has 1 aromatic carbocycles. The highest BCUT2D eigenvalue weighted by Crippen LogP contribution is 2.13. The lowest BCUT2D eigenvalue weighted by Gasteiger charge is -2.06. The largest absolute Gasteiger partial charge is 0.368 e. The standard InChI is InChI=1S/C11H15N5/c1-16-11(13)14-10(15-16)9(12)7-8-5-3-2-4-6-8/h2-6,9H,7,12H2,1H3,(H2,13,14,15)/t9-/m0/s1. The Morgan fingerprint density at radius 2 is 2.00 bits per heavy atom. The molecule has 2 aromatic rings. The molecule has 0 spiro atoms. The van der Waals surface area contributed by atoms with Crippen LogP contribution in [0.2, 0.25) is 0 Å². The minimum atomic E-state index is -0.217. The van der Waals surface area contributed by atoms with E-state index in [1.54, 1.807) is 7.05 Å². The molecule has 2 rings (SSSR count). The van der Waals surface area contributed by atoms with Crippen molar-refractivity contribution in [2.45, 2.75) is 12.5 Å². The Morgan fingerprint density at radius 1 is 1.31 bits per heavy atom. The van der Waals surface area contributed by atoms with Crippen molar-refractivity contribution in [2.24, 2.45) is 12.8 Å². The first-order chi connectivity index (χ1) is 7.66. The molecule has 0 amide bonds. The van der Waals surface area contributed by atoms with Gasteiger partial charge in [-0.2, -0.15) is 10.1 Å². The Bertz CT molecular complexity index is 443. The van der Waals surface area contributed by atoms with E-state index in [0.717, 1.165) is 0 Å². The van der Waals surface area contributed by atoms with Gasteiger partial charge in [-0.15, -0.1) is 0 Å². The second-order valence-electron chi connectivity index (χ2n) is 3.75. The molecule has 0 aliphatic rings. The molecule has 1 aromatic heterocycles. The van der Waals surface area contributed by atoms with Gasteiger partial charge in [0.25, 0.3) is 0 Å². The molecular formula is C11H15N5. The van der Waals surface area contributed by atoms with E-state index in [0.29, 0.717) is 18.2 Å². The highest BCUT2D eigenvalue weighted by atomic mass is 15.4. The molecule has 0 saturated heterocycles. The summed E-state index contributed by atoms with van der Waals surface area (Å²) in [6.07, 6.45) is 0.713. The highest BCUT2D eigenvalue weighted by molar-refractivity contribution is 5.20. The molecular weight excluding hydrogens is 202 g/mol. The molecule has 0 unspecified atom stereocenters. The number of nitrogens with two attached hydrogens (primary N) is 2. The second-order valence-corrected chi connectivity index (χ2v) is 3.75. The minimum Gasteiger partial charge on any atom is -0.368 e. The summed E-state index contributed by atoms with van der Waals surface area (Å²) in [7, 11) is 1.75. The fourth-order valence-corrected chi connectivity index (χ4v) is 1.53. The van der Waals surface area contributed by atoms with Crippen LogP contribution in [-0.4, -0.2) is 14.8 Å². The van der Waals surface area contributed by atoms with Crippen LogP contribution in [0.4, 0.5) is 5.95 Å². The summed E-state index contributed by atoms with van der Waals surface area (Å²) in [5, 5.41) is 4.16. The number of rotatable bonds is 3. The van der Waals surface area contributed by atoms with Crippen molar-refractivity contribution in [2.75, 3.05) is 5.73 Å². The molecule has 4 N–H and O–H groups in total.